The Morgan fingerprint density at radius 1 is 1.28 bits per heavy atom. The fourth-order valence-corrected chi connectivity index (χ4v) is 2.66. The molecule has 1 heterocycles. The first kappa shape index (κ1) is 15.6. The quantitative estimate of drug-likeness (QED) is 0.734. The van der Waals surface area contributed by atoms with E-state index in [1.54, 1.807) is 11.3 Å². The maximum atomic E-state index is 9.57. The molecule has 0 aliphatic carbocycles. The van der Waals surface area contributed by atoms with E-state index in [4.69, 9.17) is 5.11 Å². The number of likely N-dealkylation sites (N-methyl/N-ethyl adjacent to an activating group) is 1. The predicted octanol–water partition coefficient (Wildman–Crippen LogP) is 0.773. The summed E-state index contributed by atoms with van der Waals surface area (Å²) < 4.78 is 0. The second-order valence-electron chi connectivity index (χ2n) is 4.89. The molecule has 4 nitrogen and oxygen atoms in total. The molecule has 1 aromatic heterocycles. The summed E-state index contributed by atoms with van der Waals surface area (Å²) in [7, 11) is 4.08. The SMILES string of the molecule is Cc1ccc(CN(CCN(C)C)C[C@@H](O)CO)s1. The highest BCUT2D eigenvalue weighted by Crippen LogP contribution is 2.17. The first-order valence-corrected chi connectivity index (χ1v) is 7.04. The average Bonchev–Trinajstić information content (AvgIpc) is 2.71. The van der Waals surface area contributed by atoms with Gasteiger partial charge in [0, 0.05) is 35.9 Å². The summed E-state index contributed by atoms with van der Waals surface area (Å²) in [6.45, 7) is 5.11. The van der Waals surface area contributed by atoms with Crippen LogP contribution in [0.1, 0.15) is 9.75 Å². The Morgan fingerprint density at radius 3 is 2.50 bits per heavy atom. The van der Waals surface area contributed by atoms with Crippen molar-refractivity contribution in [2.45, 2.75) is 19.6 Å². The number of aliphatic hydroxyl groups excluding tert-OH is 2. The smallest absolute Gasteiger partial charge is 0.0897 e. The van der Waals surface area contributed by atoms with Crippen LogP contribution >= 0.6 is 11.3 Å². The molecule has 1 atom stereocenters. The van der Waals surface area contributed by atoms with Crippen LogP contribution in [0.5, 0.6) is 0 Å². The van der Waals surface area contributed by atoms with E-state index in [1.165, 1.54) is 9.75 Å². The highest BCUT2D eigenvalue weighted by atomic mass is 32.1. The summed E-state index contributed by atoms with van der Waals surface area (Å²) >= 11 is 1.79. The van der Waals surface area contributed by atoms with Gasteiger partial charge in [0.2, 0.25) is 0 Å². The Labute approximate surface area is 113 Å². The van der Waals surface area contributed by atoms with Gasteiger partial charge < -0.3 is 15.1 Å². The minimum Gasteiger partial charge on any atom is -0.394 e. The Morgan fingerprint density at radius 2 is 2.00 bits per heavy atom. The lowest BCUT2D eigenvalue weighted by Gasteiger charge is -2.25. The molecule has 1 rings (SSSR count). The van der Waals surface area contributed by atoms with Gasteiger partial charge in [0.05, 0.1) is 12.7 Å². The zero-order chi connectivity index (χ0) is 13.5. The topological polar surface area (TPSA) is 46.9 Å². The van der Waals surface area contributed by atoms with Crippen LogP contribution in [-0.4, -0.2) is 66.5 Å². The second kappa shape index (κ2) is 7.86. The molecule has 0 saturated heterocycles. The molecule has 0 saturated carbocycles. The molecule has 0 spiro atoms. The fourth-order valence-electron chi connectivity index (χ4n) is 1.72. The molecule has 0 unspecified atom stereocenters. The van der Waals surface area contributed by atoms with Crippen molar-refractivity contribution in [3.8, 4) is 0 Å². The van der Waals surface area contributed by atoms with Gasteiger partial charge >= 0.3 is 0 Å². The maximum absolute atomic E-state index is 9.57. The molecule has 2 N–H and O–H groups in total. The summed E-state index contributed by atoms with van der Waals surface area (Å²) in [6.07, 6.45) is -0.659. The molecule has 0 radical (unpaired) electrons. The summed E-state index contributed by atoms with van der Waals surface area (Å²) in [5.41, 5.74) is 0. The van der Waals surface area contributed by atoms with E-state index in [9.17, 15) is 5.11 Å². The van der Waals surface area contributed by atoms with Crippen molar-refractivity contribution in [3.63, 3.8) is 0 Å². The summed E-state index contributed by atoms with van der Waals surface area (Å²) in [5.74, 6) is 0. The van der Waals surface area contributed by atoms with Gasteiger partial charge in [-0.15, -0.1) is 11.3 Å². The summed E-state index contributed by atoms with van der Waals surface area (Å²) in [6, 6.07) is 4.25. The third-order valence-corrected chi connectivity index (χ3v) is 3.70. The minimum atomic E-state index is -0.659. The first-order chi connectivity index (χ1) is 8.51. The zero-order valence-electron chi connectivity index (χ0n) is 11.5. The number of hydrogen-bond acceptors (Lipinski definition) is 5. The molecular formula is C13H24N2O2S. The van der Waals surface area contributed by atoms with E-state index >= 15 is 0 Å². The number of hydrogen-bond donors (Lipinski definition) is 2. The Hall–Kier alpha value is -0.460. The van der Waals surface area contributed by atoms with Crippen LogP contribution in [0.2, 0.25) is 0 Å². The predicted molar refractivity (Wildman–Crippen MR) is 76.0 cm³/mol. The lowest BCUT2D eigenvalue weighted by Crippen LogP contribution is -2.37. The average molecular weight is 272 g/mol. The van der Waals surface area contributed by atoms with Crippen LogP contribution in [0.15, 0.2) is 12.1 Å². The Bertz CT molecular complexity index is 341. The molecule has 0 aromatic carbocycles. The van der Waals surface area contributed by atoms with Gasteiger partial charge in [-0.25, -0.2) is 0 Å². The van der Waals surface area contributed by atoms with E-state index in [1.807, 2.05) is 14.1 Å². The lowest BCUT2D eigenvalue weighted by atomic mass is 10.3. The van der Waals surface area contributed by atoms with Gasteiger partial charge in [0.25, 0.3) is 0 Å². The van der Waals surface area contributed by atoms with Crippen molar-refractivity contribution in [3.05, 3.63) is 21.9 Å². The molecular weight excluding hydrogens is 248 g/mol. The van der Waals surface area contributed by atoms with Gasteiger partial charge in [-0.1, -0.05) is 0 Å². The molecule has 0 fully saturated rings. The van der Waals surface area contributed by atoms with E-state index in [-0.39, 0.29) is 6.61 Å². The molecule has 0 amide bonds. The third-order valence-electron chi connectivity index (χ3n) is 2.72. The van der Waals surface area contributed by atoms with Crippen molar-refractivity contribution in [1.29, 1.82) is 0 Å². The van der Waals surface area contributed by atoms with Crippen LogP contribution in [0.4, 0.5) is 0 Å². The van der Waals surface area contributed by atoms with Gasteiger partial charge in [-0.05, 0) is 33.2 Å². The number of aryl methyl sites for hydroxylation is 1. The van der Waals surface area contributed by atoms with Gasteiger partial charge in [0.15, 0.2) is 0 Å². The van der Waals surface area contributed by atoms with Crippen molar-refractivity contribution in [2.24, 2.45) is 0 Å². The third kappa shape index (κ3) is 5.93. The standard InChI is InChI=1S/C13H24N2O2S/c1-11-4-5-13(18-11)9-15(7-6-14(2)3)8-12(17)10-16/h4-5,12,16-17H,6-10H2,1-3H3/t12-/m1/s1. The van der Waals surface area contributed by atoms with E-state index in [0.29, 0.717) is 6.54 Å². The normalized spacial score (nSPS) is 13.5. The van der Waals surface area contributed by atoms with E-state index in [0.717, 1.165) is 19.6 Å². The van der Waals surface area contributed by atoms with Gasteiger partial charge in [-0.3, -0.25) is 4.90 Å². The van der Waals surface area contributed by atoms with Gasteiger partial charge in [-0.2, -0.15) is 0 Å². The van der Waals surface area contributed by atoms with Crippen molar-refractivity contribution < 1.29 is 10.2 Å². The molecule has 0 bridgehead atoms. The first-order valence-electron chi connectivity index (χ1n) is 6.22. The lowest BCUT2D eigenvalue weighted by molar-refractivity contribution is 0.0550. The molecule has 18 heavy (non-hydrogen) atoms. The molecule has 104 valence electrons. The van der Waals surface area contributed by atoms with Crippen LogP contribution in [0.25, 0.3) is 0 Å². The van der Waals surface area contributed by atoms with Crippen molar-refractivity contribution >= 4 is 11.3 Å². The molecule has 5 heteroatoms. The molecule has 0 aliphatic heterocycles. The Kier molecular flexibility index (Phi) is 6.81. The Balaban J connectivity index is 2.52. The number of rotatable bonds is 8. The summed E-state index contributed by atoms with van der Waals surface area (Å²) in [5, 5.41) is 18.5. The zero-order valence-corrected chi connectivity index (χ0v) is 12.3. The minimum absolute atomic E-state index is 0.179. The molecule has 1 aromatic rings. The highest BCUT2D eigenvalue weighted by Gasteiger charge is 2.12. The van der Waals surface area contributed by atoms with Crippen LogP contribution in [0.3, 0.4) is 0 Å². The van der Waals surface area contributed by atoms with E-state index in [2.05, 4.69) is 28.9 Å². The monoisotopic (exact) mass is 272 g/mol. The van der Waals surface area contributed by atoms with Crippen LogP contribution < -0.4 is 0 Å². The van der Waals surface area contributed by atoms with Crippen LogP contribution in [0, 0.1) is 6.92 Å². The van der Waals surface area contributed by atoms with Crippen molar-refractivity contribution in [2.75, 3.05) is 40.3 Å². The highest BCUT2D eigenvalue weighted by molar-refractivity contribution is 7.11. The van der Waals surface area contributed by atoms with Crippen LogP contribution in [-0.2, 0) is 6.54 Å². The number of aliphatic hydroxyl groups is 2. The number of nitrogens with zero attached hydrogens (tertiary/aromatic N) is 2. The second-order valence-corrected chi connectivity index (χ2v) is 6.26. The largest absolute Gasteiger partial charge is 0.394 e. The number of thiophene rings is 1. The fraction of sp³-hybridized carbons (Fsp3) is 0.692. The maximum Gasteiger partial charge on any atom is 0.0897 e. The van der Waals surface area contributed by atoms with Crippen molar-refractivity contribution in [1.82, 2.24) is 9.80 Å². The van der Waals surface area contributed by atoms with E-state index < -0.39 is 6.10 Å². The van der Waals surface area contributed by atoms with Gasteiger partial charge in [0.1, 0.15) is 0 Å². The summed E-state index contributed by atoms with van der Waals surface area (Å²) in [4.78, 5) is 6.92. The molecule has 0 aliphatic rings.